The Kier molecular flexibility index (Phi) is 8.19. The molecular formula is C31H34N2O2. The van der Waals surface area contributed by atoms with Crippen LogP contribution in [-0.4, -0.2) is 47.2 Å². The van der Waals surface area contributed by atoms with Crippen LogP contribution in [0.5, 0.6) is 11.5 Å². The van der Waals surface area contributed by atoms with Gasteiger partial charge >= 0.3 is 0 Å². The van der Waals surface area contributed by atoms with Crippen molar-refractivity contribution >= 4 is 0 Å². The molecule has 0 heterocycles. The fraction of sp³-hybridized carbons (Fsp3) is 0.226. The summed E-state index contributed by atoms with van der Waals surface area (Å²) in [7, 11) is 4.17. The van der Waals surface area contributed by atoms with Gasteiger partial charge in [-0.1, -0.05) is 97.1 Å². The Hall–Kier alpha value is -3.60. The molecule has 0 radical (unpaired) electrons. The van der Waals surface area contributed by atoms with E-state index in [0.29, 0.717) is 24.6 Å². The molecule has 0 atom stereocenters. The fourth-order valence-electron chi connectivity index (χ4n) is 4.49. The summed E-state index contributed by atoms with van der Waals surface area (Å²) in [5.74, 6) is 0.716. The van der Waals surface area contributed by atoms with Gasteiger partial charge in [0.25, 0.3) is 0 Å². The maximum Gasteiger partial charge on any atom is 0.127 e. The van der Waals surface area contributed by atoms with Crippen LogP contribution in [0.1, 0.15) is 17.5 Å². The summed E-state index contributed by atoms with van der Waals surface area (Å²) in [5, 5.41) is 21.7. The van der Waals surface area contributed by atoms with E-state index in [1.165, 1.54) is 0 Å². The Morgan fingerprint density at radius 3 is 1.31 bits per heavy atom. The lowest BCUT2D eigenvalue weighted by molar-refractivity contribution is 0.266. The van der Waals surface area contributed by atoms with E-state index in [2.05, 4.69) is 23.9 Å². The van der Waals surface area contributed by atoms with E-state index in [9.17, 15) is 10.2 Å². The molecule has 2 N–H and O–H groups in total. The van der Waals surface area contributed by atoms with Crippen LogP contribution in [0.3, 0.4) is 0 Å². The SMILES string of the molecule is CN(CCCN(C)Cc1cccc(-c2ccccc2)c1O)Cc1cccc(-c2ccccc2)c1O. The smallest absolute Gasteiger partial charge is 0.127 e. The lowest BCUT2D eigenvalue weighted by Gasteiger charge is -2.22. The number of aromatic hydroxyl groups is 2. The van der Waals surface area contributed by atoms with Crippen LogP contribution in [0.15, 0.2) is 97.1 Å². The Morgan fingerprint density at radius 1 is 0.514 bits per heavy atom. The monoisotopic (exact) mass is 466 g/mol. The van der Waals surface area contributed by atoms with Crippen molar-refractivity contribution in [1.29, 1.82) is 0 Å². The molecule has 0 aliphatic heterocycles. The number of nitrogens with zero attached hydrogens (tertiary/aromatic N) is 2. The predicted octanol–water partition coefficient (Wildman–Crippen LogP) is 6.39. The molecule has 4 aromatic rings. The number of para-hydroxylation sites is 2. The van der Waals surface area contributed by atoms with Crippen molar-refractivity contribution in [2.24, 2.45) is 0 Å². The van der Waals surface area contributed by atoms with E-state index in [0.717, 1.165) is 52.9 Å². The third-order valence-corrected chi connectivity index (χ3v) is 6.37. The maximum absolute atomic E-state index is 10.8. The van der Waals surface area contributed by atoms with Gasteiger partial charge in [-0.25, -0.2) is 0 Å². The maximum atomic E-state index is 10.8. The van der Waals surface area contributed by atoms with Gasteiger partial charge in [-0.15, -0.1) is 0 Å². The molecule has 35 heavy (non-hydrogen) atoms. The summed E-state index contributed by atoms with van der Waals surface area (Å²) in [4.78, 5) is 4.48. The Balaban J connectivity index is 1.30. The normalized spacial score (nSPS) is 11.3. The van der Waals surface area contributed by atoms with Crippen molar-refractivity contribution < 1.29 is 10.2 Å². The zero-order valence-electron chi connectivity index (χ0n) is 20.6. The minimum Gasteiger partial charge on any atom is -0.507 e. The third-order valence-electron chi connectivity index (χ3n) is 6.37. The van der Waals surface area contributed by atoms with Gasteiger partial charge in [0.2, 0.25) is 0 Å². The number of benzene rings is 4. The molecule has 0 fully saturated rings. The molecule has 0 unspecified atom stereocenters. The van der Waals surface area contributed by atoms with Crippen molar-refractivity contribution in [1.82, 2.24) is 9.80 Å². The van der Waals surface area contributed by atoms with Crippen molar-refractivity contribution in [3.8, 4) is 33.8 Å². The van der Waals surface area contributed by atoms with E-state index in [1.807, 2.05) is 97.1 Å². The molecule has 180 valence electrons. The highest BCUT2D eigenvalue weighted by Crippen LogP contribution is 2.33. The molecule has 0 aliphatic rings. The van der Waals surface area contributed by atoms with Gasteiger partial charge in [-0.05, 0) is 44.7 Å². The summed E-state index contributed by atoms with van der Waals surface area (Å²) in [5.41, 5.74) is 5.66. The van der Waals surface area contributed by atoms with Gasteiger partial charge in [0, 0.05) is 35.3 Å². The summed E-state index contributed by atoms with van der Waals surface area (Å²) in [6, 6.07) is 31.9. The molecule has 0 bridgehead atoms. The van der Waals surface area contributed by atoms with Crippen molar-refractivity contribution in [3.63, 3.8) is 0 Å². The molecule has 4 rings (SSSR count). The molecule has 4 nitrogen and oxygen atoms in total. The molecule has 4 heteroatoms. The molecule has 4 aromatic carbocycles. The first-order valence-electron chi connectivity index (χ1n) is 12.1. The van der Waals surface area contributed by atoms with Gasteiger partial charge in [-0.2, -0.15) is 0 Å². The second-order valence-corrected chi connectivity index (χ2v) is 9.19. The van der Waals surface area contributed by atoms with E-state index in [4.69, 9.17) is 0 Å². The van der Waals surface area contributed by atoms with Crippen LogP contribution in [0.4, 0.5) is 0 Å². The third kappa shape index (κ3) is 6.30. The zero-order valence-corrected chi connectivity index (χ0v) is 20.6. The molecule has 0 saturated heterocycles. The Bertz CT molecular complexity index is 1130. The topological polar surface area (TPSA) is 46.9 Å². The first-order valence-corrected chi connectivity index (χ1v) is 12.1. The van der Waals surface area contributed by atoms with E-state index in [-0.39, 0.29) is 0 Å². The van der Waals surface area contributed by atoms with Crippen LogP contribution >= 0.6 is 0 Å². The van der Waals surface area contributed by atoms with Crippen LogP contribution < -0.4 is 0 Å². The quantitative estimate of drug-likeness (QED) is 0.284. The summed E-state index contributed by atoms with van der Waals surface area (Å²) < 4.78 is 0. The highest BCUT2D eigenvalue weighted by atomic mass is 16.3. The standard InChI is InChI=1S/C31H34N2O2/c1-32(22-26-16-9-18-28(30(26)34)24-12-5-3-6-13-24)20-11-21-33(2)23-27-17-10-19-29(31(27)35)25-14-7-4-8-15-25/h3-10,12-19,34-35H,11,20-23H2,1-2H3. The van der Waals surface area contributed by atoms with Crippen LogP contribution in [-0.2, 0) is 13.1 Å². The number of rotatable bonds is 10. The molecule has 0 amide bonds. The van der Waals surface area contributed by atoms with Crippen LogP contribution in [0.2, 0.25) is 0 Å². The zero-order chi connectivity index (χ0) is 24.6. The Labute approximate surface area is 208 Å². The van der Waals surface area contributed by atoms with E-state index in [1.54, 1.807) is 0 Å². The number of phenolic OH excluding ortho intramolecular Hbond substituents is 2. The number of phenols is 2. The lowest BCUT2D eigenvalue weighted by Crippen LogP contribution is -2.25. The predicted molar refractivity (Wildman–Crippen MR) is 144 cm³/mol. The van der Waals surface area contributed by atoms with Gasteiger partial charge in [0.15, 0.2) is 0 Å². The number of hydrogen-bond donors (Lipinski definition) is 2. The second kappa shape index (κ2) is 11.7. The summed E-state index contributed by atoms with van der Waals surface area (Å²) in [6.07, 6.45) is 0.991. The van der Waals surface area contributed by atoms with Gasteiger partial charge in [0.05, 0.1) is 0 Å². The summed E-state index contributed by atoms with van der Waals surface area (Å²) in [6.45, 7) is 3.21. The largest absolute Gasteiger partial charge is 0.507 e. The fourth-order valence-corrected chi connectivity index (χ4v) is 4.49. The minimum atomic E-state index is 0.358. The molecule has 0 aliphatic carbocycles. The van der Waals surface area contributed by atoms with Gasteiger partial charge in [0.1, 0.15) is 11.5 Å². The first kappa shape index (κ1) is 24.5. The molecule has 0 aromatic heterocycles. The van der Waals surface area contributed by atoms with Gasteiger partial charge < -0.3 is 20.0 Å². The van der Waals surface area contributed by atoms with E-state index >= 15 is 0 Å². The average molecular weight is 467 g/mol. The van der Waals surface area contributed by atoms with Crippen molar-refractivity contribution in [2.75, 3.05) is 27.2 Å². The van der Waals surface area contributed by atoms with Crippen molar-refractivity contribution in [3.05, 3.63) is 108 Å². The van der Waals surface area contributed by atoms with E-state index < -0.39 is 0 Å². The highest BCUT2D eigenvalue weighted by Gasteiger charge is 2.13. The van der Waals surface area contributed by atoms with Crippen LogP contribution in [0.25, 0.3) is 22.3 Å². The van der Waals surface area contributed by atoms with Crippen LogP contribution in [0, 0.1) is 0 Å². The number of hydrogen-bond acceptors (Lipinski definition) is 4. The first-order chi connectivity index (χ1) is 17.0. The summed E-state index contributed by atoms with van der Waals surface area (Å²) >= 11 is 0. The second-order valence-electron chi connectivity index (χ2n) is 9.19. The molecule has 0 spiro atoms. The average Bonchev–Trinajstić information content (AvgIpc) is 2.87. The molecule has 0 saturated carbocycles. The highest BCUT2D eigenvalue weighted by molar-refractivity contribution is 5.72. The molecular weight excluding hydrogens is 432 g/mol. The lowest BCUT2D eigenvalue weighted by atomic mass is 10.0. The Morgan fingerprint density at radius 2 is 0.914 bits per heavy atom. The minimum absolute atomic E-state index is 0.358. The van der Waals surface area contributed by atoms with Gasteiger partial charge in [-0.3, -0.25) is 0 Å². The van der Waals surface area contributed by atoms with Crippen molar-refractivity contribution in [2.45, 2.75) is 19.5 Å².